The summed E-state index contributed by atoms with van der Waals surface area (Å²) in [5, 5.41) is 3.30. The lowest BCUT2D eigenvalue weighted by Crippen LogP contribution is -2.29. The van der Waals surface area contributed by atoms with Gasteiger partial charge in [0, 0.05) is 12.5 Å². The van der Waals surface area contributed by atoms with Crippen molar-refractivity contribution in [3.8, 4) is 0 Å². The maximum Gasteiger partial charge on any atom is 0.411 e. The normalized spacial score (nSPS) is 13.7. The molecule has 21 heavy (non-hydrogen) atoms. The predicted molar refractivity (Wildman–Crippen MR) is 78.5 cm³/mol. The van der Waals surface area contributed by atoms with Crippen molar-refractivity contribution in [2.45, 2.75) is 32.9 Å². The van der Waals surface area contributed by atoms with Crippen molar-refractivity contribution < 1.29 is 17.9 Å². The Kier molecular flexibility index (Phi) is 7.18. The summed E-state index contributed by atoms with van der Waals surface area (Å²) in [6.45, 7) is 6.47. The Morgan fingerprint density at radius 3 is 2.38 bits per heavy atom. The smallest absolute Gasteiger partial charge is 0.371 e. The quantitative estimate of drug-likeness (QED) is 0.786. The van der Waals surface area contributed by atoms with Crippen molar-refractivity contribution in [1.29, 1.82) is 0 Å². The van der Waals surface area contributed by atoms with Gasteiger partial charge in [-0.15, -0.1) is 0 Å². The van der Waals surface area contributed by atoms with Crippen LogP contribution in [0.4, 0.5) is 13.2 Å². The summed E-state index contributed by atoms with van der Waals surface area (Å²) in [5.41, 5.74) is 2.11. The van der Waals surface area contributed by atoms with E-state index < -0.39 is 12.8 Å². The van der Waals surface area contributed by atoms with E-state index in [-0.39, 0.29) is 12.5 Å². The summed E-state index contributed by atoms with van der Waals surface area (Å²) in [6.07, 6.45) is -4.28. The molecule has 1 N–H and O–H groups in total. The number of hydrogen-bond donors (Lipinski definition) is 1. The topological polar surface area (TPSA) is 21.3 Å². The number of hydrogen-bond acceptors (Lipinski definition) is 2. The van der Waals surface area contributed by atoms with Gasteiger partial charge in [-0.05, 0) is 30.5 Å². The highest BCUT2D eigenvalue weighted by molar-refractivity contribution is 5.29. The fourth-order valence-corrected chi connectivity index (χ4v) is 2.17. The van der Waals surface area contributed by atoms with Crippen LogP contribution in [0.5, 0.6) is 0 Å². The van der Waals surface area contributed by atoms with Crippen LogP contribution in [0.15, 0.2) is 24.3 Å². The summed E-state index contributed by atoms with van der Waals surface area (Å²) in [5.74, 6) is 0.422. The van der Waals surface area contributed by atoms with E-state index in [2.05, 4.69) is 19.2 Å². The second-order valence-electron chi connectivity index (χ2n) is 5.74. The molecule has 0 fully saturated rings. The van der Waals surface area contributed by atoms with Gasteiger partial charge in [-0.1, -0.05) is 38.1 Å². The fraction of sp³-hybridized carbons (Fsp3) is 0.625. The monoisotopic (exact) mass is 303 g/mol. The lowest BCUT2D eigenvalue weighted by molar-refractivity contribution is -0.174. The summed E-state index contributed by atoms with van der Waals surface area (Å²) < 4.78 is 41.5. The van der Waals surface area contributed by atoms with Crippen molar-refractivity contribution >= 4 is 0 Å². The molecule has 0 saturated carbocycles. The largest absolute Gasteiger partial charge is 0.411 e. The third kappa shape index (κ3) is 7.48. The SMILES string of the molecule is Cc1ccccc1C(CNCC(C)C)COCC(F)(F)F. The number of ether oxygens (including phenoxy) is 1. The molecular weight excluding hydrogens is 279 g/mol. The molecule has 120 valence electrons. The van der Waals surface area contributed by atoms with Crippen molar-refractivity contribution in [2.24, 2.45) is 5.92 Å². The molecule has 0 aromatic heterocycles. The van der Waals surface area contributed by atoms with Gasteiger partial charge in [0.15, 0.2) is 0 Å². The first kappa shape index (κ1) is 18.0. The molecule has 1 aromatic rings. The second-order valence-corrected chi connectivity index (χ2v) is 5.74. The minimum absolute atomic E-state index is 0.0649. The van der Waals surface area contributed by atoms with Gasteiger partial charge < -0.3 is 10.1 Å². The van der Waals surface area contributed by atoms with E-state index in [1.54, 1.807) is 0 Å². The Hall–Kier alpha value is -1.07. The van der Waals surface area contributed by atoms with Gasteiger partial charge in [0.25, 0.3) is 0 Å². The summed E-state index contributed by atoms with van der Waals surface area (Å²) in [4.78, 5) is 0. The van der Waals surface area contributed by atoms with Crippen LogP contribution in [0.25, 0.3) is 0 Å². The first-order valence-electron chi connectivity index (χ1n) is 7.20. The standard InChI is InChI=1S/C16H24F3NO/c1-12(2)8-20-9-14(10-21-11-16(17,18)19)15-7-5-4-6-13(15)3/h4-7,12,14,20H,8-11H2,1-3H3. The molecule has 1 unspecified atom stereocenters. The summed E-state index contributed by atoms with van der Waals surface area (Å²) in [6, 6.07) is 7.75. The molecule has 0 heterocycles. The lowest BCUT2D eigenvalue weighted by atomic mass is 9.95. The molecule has 0 aliphatic rings. The number of nitrogens with one attached hydrogen (secondary N) is 1. The lowest BCUT2D eigenvalue weighted by Gasteiger charge is -2.21. The zero-order valence-electron chi connectivity index (χ0n) is 12.8. The fourth-order valence-electron chi connectivity index (χ4n) is 2.17. The Morgan fingerprint density at radius 1 is 1.14 bits per heavy atom. The molecule has 0 amide bonds. The van der Waals surface area contributed by atoms with E-state index >= 15 is 0 Å². The van der Waals surface area contributed by atoms with Crippen LogP contribution in [0.1, 0.15) is 30.9 Å². The maximum absolute atomic E-state index is 12.2. The third-order valence-electron chi connectivity index (χ3n) is 3.16. The van der Waals surface area contributed by atoms with E-state index in [0.717, 1.165) is 17.7 Å². The molecule has 0 aliphatic carbocycles. The number of aryl methyl sites for hydroxylation is 1. The van der Waals surface area contributed by atoms with Crippen LogP contribution in [0.2, 0.25) is 0 Å². The van der Waals surface area contributed by atoms with Gasteiger partial charge in [0.2, 0.25) is 0 Å². The first-order chi connectivity index (χ1) is 9.79. The Balaban J connectivity index is 2.64. The van der Waals surface area contributed by atoms with Gasteiger partial charge in [-0.25, -0.2) is 0 Å². The van der Waals surface area contributed by atoms with Crippen LogP contribution in [0, 0.1) is 12.8 Å². The molecule has 1 aromatic carbocycles. The average molecular weight is 303 g/mol. The average Bonchev–Trinajstić information content (AvgIpc) is 2.36. The highest BCUT2D eigenvalue weighted by Crippen LogP contribution is 2.21. The van der Waals surface area contributed by atoms with Gasteiger partial charge in [0.1, 0.15) is 6.61 Å². The van der Waals surface area contributed by atoms with E-state index in [4.69, 9.17) is 4.74 Å². The number of halogens is 3. The highest BCUT2D eigenvalue weighted by atomic mass is 19.4. The second kappa shape index (κ2) is 8.39. The molecule has 1 rings (SSSR count). The maximum atomic E-state index is 12.2. The minimum Gasteiger partial charge on any atom is -0.371 e. The van der Waals surface area contributed by atoms with Gasteiger partial charge in [-0.2, -0.15) is 13.2 Å². The minimum atomic E-state index is -4.28. The Morgan fingerprint density at radius 2 is 1.81 bits per heavy atom. The van der Waals surface area contributed by atoms with Crippen LogP contribution < -0.4 is 5.32 Å². The van der Waals surface area contributed by atoms with Crippen LogP contribution in [-0.2, 0) is 4.74 Å². The zero-order valence-corrected chi connectivity index (χ0v) is 12.8. The third-order valence-corrected chi connectivity index (χ3v) is 3.16. The number of benzene rings is 1. The molecule has 0 bridgehead atoms. The van der Waals surface area contributed by atoms with Crippen LogP contribution >= 0.6 is 0 Å². The van der Waals surface area contributed by atoms with Crippen molar-refractivity contribution in [3.63, 3.8) is 0 Å². The van der Waals surface area contributed by atoms with Gasteiger partial charge >= 0.3 is 6.18 Å². The van der Waals surface area contributed by atoms with Crippen molar-refractivity contribution in [3.05, 3.63) is 35.4 Å². The van der Waals surface area contributed by atoms with E-state index in [0.29, 0.717) is 12.5 Å². The Labute approximate surface area is 124 Å². The van der Waals surface area contributed by atoms with E-state index in [1.807, 2.05) is 31.2 Å². The summed E-state index contributed by atoms with van der Waals surface area (Å²) in [7, 11) is 0. The number of alkyl halides is 3. The zero-order chi connectivity index (χ0) is 15.9. The predicted octanol–water partition coefficient (Wildman–Crippen LogP) is 3.90. The molecule has 1 atom stereocenters. The summed E-state index contributed by atoms with van der Waals surface area (Å²) >= 11 is 0. The van der Waals surface area contributed by atoms with E-state index in [9.17, 15) is 13.2 Å². The van der Waals surface area contributed by atoms with Crippen molar-refractivity contribution in [1.82, 2.24) is 5.32 Å². The molecular formula is C16H24F3NO. The molecule has 0 radical (unpaired) electrons. The molecule has 0 saturated heterocycles. The molecule has 0 spiro atoms. The van der Waals surface area contributed by atoms with Crippen molar-refractivity contribution in [2.75, 3.05) is 26.3 Å². The van der Waals surface area contributed by atoms with E-state index in [1.165, 1.54) is 0 Å². The first-order valence-corrected chi connectivity index (χ1v) is 7.20. The molecule has 2 nitrogen and oxygen atoms in total. The van der Waals surface area contributed by atoms with Crippen LogP contribution in [0.3, 0.4) is 0 Å². The molecule has 0 aliphatic heterocycles. The highest BCUT2D eigenvalue weighted by Gasteiger charge is 2.28. The van der Waals surface area contributed by atoms with Gasteiger partial charge in [0.05, 0.1) is 6.61 Å². The molecule has 5 heteroatoms. The number of rotatable bonds is 8. The Bertz CT molecular complexity index is 418. The van der Waals surface area contributed by atoms with Gasteiger partial charge in [-0.3, -0.25) is 0 Å². The van der Waals surface area contributed by atoms with Crippen LogP contribution in [-0.4, -0.2) is 32.5 Å².